The topological polar surface area (TPSA) is 69.7 Å². The number of ketones is 1. The maximum Gasteiger partial charge on any atom is 0.333 e. The van der Waals surface area contributed by atoms with Gasteiger partial charge in [-0.05, 0) is 45.1 Å². The molecule has 1 saturated heterocycles. The molecule has 0 aromatic rings. The van der Waals surface area contributed by atoms with Crippen LogP contribution >= 0.6 is 0 Å². The van der Waals surface area contributed by atoms with Crippen molar-refractivity contribution in [2.45, 2.75) is 53.2 Å². The predicted molar refractivity (Wildman–Crippen MR) is 91.4 cm³/mol. The summed E-state index contributed by atoms with van der Waals surface area (Å²) in [4.78, 5) is 37.5. The molecule has 5 nitrogen and oxygen atoms in total. The van der Waals surface area contributed by atoms with Crippen LogP contribution in [0.15, 0.2) is 23.8 Å². The van der Waals surface area contributed by atoms with E-state index in [4.69, 9.17) is 9.47 Å². The summed E-state index contributed by atoms with van der Waals surface area (Å²) in [6.45, 7) is 9.20. The molecule has 0 aromatic heterocycles. The van der Waals surface area contributed by atoms with E-state index in [0.29, 0.717) is 12.0 Å². The Morgan fingerprint density at radius 2 is 2.04 bits per heavy atom. The molecule has 3 rings (SSSR count). The number of carbonyl (C=O) groups is 3. The molecule has 2 fully saturated rings. The van der Waals surface area contributed by atoms with E-state index in [9.17, 15) is 14.4 Å². The average Bonchev–Trinajstić information content (AvgIpc) is 2.99. The maximum atomic E-state index is 12.8. The quantitative estimate of drug-likeness (QED) is 0.568. The summed E-state index contributed by atoms with van der Waals surface area (Å²) in [6, 6.07) is 0. The summed E-state index contributed by atoms with van der Waals surface area (Å²) in [5, 5.41) is 0. The van der Waals surface area contributed by atoms with E-state index in [1.165, 1.54) is 0 Å². The average molecular weight is 346 g/mol. The van der Waals surface area contributed by atoms with Gasteiger partial charge in [0.15, 0.2) is 5.78 Å². The van der Waals surface area contributed by atoms with Crippen LogP contribution in [0.5, 0.6) is 0 Å². The van der Waals surface area contributed by atoms with Gasteiger partial charge in [0, 0.05) is 11.5 Å². The summed E-state index contributed by atoms with van der Waals surface area (Å²) < 4.78 is 11.5. The molecule has 0 aromatic carbocycles. The first-order valence-corrected chi connectivity index (χ1v) is 8.98. The molecule has 0 bridgehead atoms. The minimum absolute atomic E-state index is 0.0276. The Labute approximate surface area is 148 Å². The van der Waals surface area contributed by atoms with Crippen molar-refractivity contribution in [3.63, 3.8) is 0 Å². The van der Waals surface area contributed by atoms with Crippen LogP contribution in [0.3, 0.4) is 0 Å². The van der Waals surface area contributed by atoms with Crippen molar-refractivity contribution in [2.75, 3.05) is 0 Å². The molecule has 3 aliphatic rings. The van der Waals surface area contributed by atoms with Gasteiger partial charge in [0.2, 0.25) is 0 Å². The van der Waals surface area contributed by atoms with Crippen LogP contribution in [0.25, 0.3) is 0 Å². The predicted octanol–water partition coefficient (Wildman–Crippen LogP) is 2.84. The lowest BCUT2D eigenvalue weighted by molar-refractivity contribution is -0.163. The van der Waals surface area contributed by atoms with Gasteiger partial charge in [0.25, 0.3) is 0 Å². The van der Waals surface area contributed by atoms with Crippen molar-refractivity contribution in [3.05, 3.63) is 23.8 Å². The van der Waals surface area contributed by atoms with E-state index in [1.807, 2.05) is 13.0 Å². The molecular formula is C20H26O5. The Morgan fingerprint density at radius 3 is 2.68 bits per heavy atom. The molecule has 0 unspecified atom stereocenters. The third kappa shape index (κ3) is 2.55. The molecule has 7 atom stereocenters. The SMILES string of the molecule is C/C=C(\C)C(=O)O[C@H]1[C@@H]2[C@H](C)C(=O)O[C@@H]2C[C@@H](C)[C@H]2C=CC(=O)[C@]21C. The van der Waals surface area contributed by atoms with Crippen molar-refractivity contribution in [2.24, 2.45) is 29.1 Å². The van der Waals surface area contributed by atoms with Crippen molar-refractivity contribution < 1.29 is 23.9 Å². The Balaban J connectivity index is 2.07. The van der Waals surface area contributed by atoms with Crippen molar-refractivity contribution in [1.82, 2.24) is 0 Å². The van der Waals surface area contributed by atoms with Gasteiger partial charge in [0.1, 0.15) is 12.2 Å². The highest BCUT2D eigenvalue weighted by Gasteiger charge is 2.62. The molecular weight excluding hydrogens is 320 g/mol. The van der Waals surface area contributed by atoms with Crippen molar-refractivity contribution in [1.29, 1.82) is 0 Å². The van der Waals surface area contributed by atoms with Gasteiger partial charge in [0.05, 0.1) is 11.3 Å². The number of rotatable bonds is 2. The molecule has 25 heavy (non-hydrogen) atoms. The zero-order chi connectivity index (χ0) is 18.5. The Kier molecular flexibility index (Phi) is 4.38. The number of fused-ring (bicyclic) bond motifs is 2. The molecule has 136 valence electrons. The summed E-state index contributed by atoms with van der Waals surface area (Å²) in [5.74, 6) is -1.32. The molecule has 2 aliphatic carbocycles. The molecule has 0 amide bonds. The summed E-state index contributed by atoms with van der Waals surface area (Å²) in [7, 11) is 0. The number of hydrogen-bond acceptors (Lipinski definition) is 5. The monoisotopic (exact) mass is 346 g/mol. The van der Waals surface area contributed by atoms with Gasteiger partial charge in [-0.25, -0.2) is 4.79 Å². The van der Waals surface area contributed by atoms with Gasteiger partial charge in [-0.1, -0.05) is 26.0 Å². The number of esters is 2. The second-order valence-corrected chi connectivity index (χ2v) is 7.88. The highest BCUT2D eigenvalue weighted by Crippen LogP contribution is 2.54. The Morgan fingerprint density at radius 1 is 1.36 bits per heavy atom. The largest absolute Gasteiger partial charge is 0.462 e. The molecule has 0 N–H and O–H groups in total. The van der Waals surface area contributed by atoms with Crippen LogP contribution in [0.4, 0.5) is 0 Å². The minimum Gasteiger partial charge on any atom is -0.462 e. The standard InChI is InChI=1S/C20H26O5/c1-6-10(2)18(22)25-17-16-12(4)19(23)24-14(16)9-11(3)13-7-8-15(21)20(13,17)5/h6-8,11-14,16-17H,9H2,1-5H3/b10-6+/t11-,12+,13-,14-,16-,17+,20+/m1/s1. The third-order valence-corrected chi connectivity index (χ3v) is 6.47. The molecule has 1 saturated carbocycles. The smallest absolute Gasteiger partial charge is 0.333 e. The van der Waals surface area contributed by atoms with Crippen molar-refractivity contribution in [3.8, 4) is 0 Å². The van der Waals surface area contributed by atoms with Gasteiger partial charge in [-0.3, -0.25) is 9.59 Å². The van der Waals surface area contributed by atoms with Crippen LogP contribution in [0.1, 0.15) is 41.0 Å². The molecule has 0 spiro atoms. The lowest BCUT2D eigenvalue weighted by Gasteiger charge is -2.40. The fourth-order valence-corrected chi connectivity index (χ4v) is 4.76. The number of allylic oxidation sites excluding steroid dienone is 3. The lowest BCUT2D eigenvalue weighted by atomic mass is 9.66. The third-order valence-electron chi connectivity index (χ3n) is 6.47. The van der Waals surface area contributed by atoms with Gasteiger partial charge in [-0.15, -0.1) is 0 Å². The van der Waals surface area contributed by atoms with E-state index in [-0.39, 0.29) is 35.6 Å². The van der Waals surface area contributed by atoms with E-state index >= 15 is 0 Å². The minimum atomic E-state index is -0.856. The van der Waals surface area contributed by atoms with Crippen molar-refractivity contribution >= 4 is 17.7 Å². The van der Waals surface area contributed by atoms with Gasteiger partial charge >= 0.3 is 11.9 Å². The number of ether oxygens (including phenoxy) is 2. The Hall–Kier alpha value is -1.91. The summed E-state index contributed by atoms with van der Waals surface area (Å²) in [6.07, 6.45) is 4.91. The van der Waals surface area contributed by atoms with E-state index in [1.54, 1.807) is 32.9 Å². The van der Waals surface area contributed by atoms with Crippen LogP contribution in [0.2, 0.25) is 0 Å². The van der Waals surface area contributed by atoms with E-state index in [0.717, 1.165) is 0 Å². The zero-order valence-corrected chi connectivity index (χ0v) is 15.4. The zero-order valence-electron chi connectivity index (χ0n) is 15.4. The van der Waals surface area contributed by atoms with Crippen LogP contribution in [-0.4, -0.2) is 29.9 Å². The second-order valence-electron chi connectivity index (χ2n) is 7.88. The highest BCUT2D eigenvalue weighted by atomic mass is 16.6. The van der Waals surface area contributed by atoms with E-state index < -0.39 is 23.4 Å². The van der Waals surface area contributed by atoms with Crippen LogP contribution in [-0.2, 0) is 23.9 Å². The summed E-state index contributed by atoms with van der Waals surface area (Å²) >= 11 is 0. The lowest BCUT2D eigenvalue weighted by Crippen LogP contribution is -2.50. The number of hydrogen-bond donors (Lipinski definition) is 0. The molecule has 1 aliphatic heterocycles. The first kappa shape index (κ1) is 17.9. The number of carbonyl (C=O) groups excluding carboxylic acids is 3. The van der Waals surface area contributed by atoms with Crippen LogP contribution in [0, 0.1) is 29.1 Å². The fourth-order valence-electron chi connectivity index (χ4n) is 4.76. The van der Waals surface area contributed by atoms with Crippen LogP contribution < -0.4 is 0 Å². The normalized spacial score (nSPS) is 43.3. The molecule has 1 heterocycles. The highest BCUT2D eigenvalue weighted by molar-refractivity contribution is 5.99. The van der Waals surface area contributed by atoms with Gasteiger partial charge < -0.3 is 9.47 Å². The van der Waals surface area contributed by atoms with E-state index in [2.05, 4.69) is 6.92 Å². The fraction of sp³-hybridized carbons (Fsp3) is 0.650. The first-order chi connectivity index (χ1) is 11.7. The van der Waals surface area contributed by atoms with Gasteiger partial charge in [-0.2, -0.15) is 0 Å². The second kappa shape index (κ2) is 6.11. The maximum absolute atomic E-state index is 12.8. The molecule has 5 heteroatoms. The Bertz CT molecular complexity index is 676. The summed E-state index contributed by atoms with van der Waals surface area (Å²) in [5.41, 5.74) is -0.365. The first-order valence-electron chi connectivity index (χ1n) is 8.98. The molecule has 0 radical (unpaired) electrons.